The van der Waals surface area contributed by atoms with Crippen molar-refractivity contribution in [3.05, 3.63) is 120 Å². The molecule has 18 heteroatoms. The van der Waals surface area contributed by atoms with Gasteiger partial charge in [-0.2, -0.15) is 0 Å². The first-order valence-electron chi connectivity index (χ1n) is 25.2. The van der Waals surface area contributed by atoms with Crippen LogP contribution in [0.5, 0.6) is 57.5 Å². The van der Waals surface area contributed by atoms with Crippen molar-refractivity contribution in [1.29, 1.82) is 0 Å². The SMILES string of the molecule is c1ccc2c(c1)OCCOCCOCCOc1ccc(COc3ccc(OCc4ccc5c(c4)OCCOCCOCCOc4ccccc4OCCOCCOCCO5)cc3)cc1OCCOCCOCCO2. The molecule has 2 aliphatic rings. The molecule has 74 heavy (non-hydrogen) atoms. The lowest BCUT2D eigenvalue weighted by atomic mass is 10.2. The van der Waals surface area contributed by atoms with Gasteiger partial charge in [-0.25, -0.2) is 0 Å². The highest BCUT2D eigenvalue weighted by atomic mass is 16.6. The monoisotopic (exact) mass is 1030 g/mol. The van der Waals surface area contributed by atoms with Crippen molar-refractivity contribution in [3.8, 4) is 57.5 Å². The van der Waals surface area contributed by atoms with Crippen LogP contribution < -0.4 is 47.4 Å². The number of fused-ring (bicyclic) bond motifs is 4. The van der Waals surface area contributed by atoms with E-state index >= 15 is 0 Å². The fourth-order valence-corrected chi connectivity index (χ4v) is 7.06. The number of para-hydroxylation sites is 4. The van der Waals surface area contributed by atoms with Gasteiger partial charge in [-0.15, -0.1) is 0 Å². The predicted octanol–water partition coefficient (Wildman–Crippen LogP) is 7.44. The van der Waals surface area contributed by atoms with Gasteiger partial charge in [0.2, 0.25) is 0 Å². The summed E-state index contributed by atoms with van der Waals surface area (Å²) in [5, 5.41) is 0. The number of benzene rings is 5. The average Bonchev–Trinajstić information content (AvgIpc) is 3.42. The van der Waals surface area contributed by atoms with E-state index in [9.17, 15) is 0 Å². The van der Waals surface area contributed by atoms with Crippen molar-refractivity contribution in [2.75, 3.05) is 159 Å². The van der Waals surface area contributed by atoms with Crippen molar-refractivity contribution < 1.29 is 85.3 Å². The van der Waals surface area contributed by atoms with E-state index in [1.807, 2.05) is 109 Å². The van der Waals surface area contributed by atoms with Gasteiger partial charge in [-0.1, -0.05) is 36.4 Å². The van der Waals surface area contributed by atoms with Crippen molar-refractivity contribution in [1.82, 2.24) is 0 Å². The number of hydrogen-bond acceptors (Lipinski definition) is 18. The van der Waals surface area contributed by atoms with Gasteiger partial charge in [-0.05, 0) is 83.9 Å². The Morgan fingerprint density at radius 1 is 0.230 bits per heavy atom. The molecular weight excluding hydrogens is 961 g/mol. The molecule has 0 radical (unpaired) electrons. The topological polar surface area (TPSA) is 166 Å². The highest BCUT2D eigenvalue weighted by Crippen LogP contribution is 2.32. The molecule has 0 aliphatic carbocycles. The maximum Gasteiger partial charge on any atom is 0.161 e. The first kappa shape index (κ1) is 55.5. The molecule has 2 heterocycles. The molecule has 0 atom stereocenters. The first-order valence-corrected chi connectivity index (χ1v) is 25.2. The zero-order valence-corrected chi connectivity index (χ0v) is 42.1. The van der Waals surface area contributed by atoms with Crippen LogP contribution in [0, 0.1) is 0 Å². The molecule has 18 nitrogen and oxygen atoms in total. The van der Waals surface area contributed by atoms with Gasteiger partial charge in [0.15, 0.2) is 46.0 Å². The van der Waals surface area contributed by atoms with Crippen LogP contribution in [-0.4, -0.2) is 159 Å². The second-order valence-corrected chi connectivity index (χ2v) is 16.2. The standard InChI is InChI=1S/C56H70O18/c1-3-7-51-49(5-1)65-33-25-57-17-19-61-29-37-69-53-15-9-45(41-55(53)71-39-31-63-23-21-59-27-35-67-51)43-73-47-11-13-48(14-12-47)74-44-46-10-16-54-56(42-46)72-40-32-64-24-22-60-28-36-68-52-8-4-2-6-50(52)66-34-26-58-18-20-62-30-38-70-54/h1-16,41-42H,17-40,43-44H2. The largest absolute Gasteiger partial charge is 0.489 e. The van der Waals surface area contributed by atoms with E-state index < -0.39 is 0 Å². The van der Waals surface area contributed by atoms with Gasteiger partial charge in [0.25, 0.3) is 0 Å². The van der Waals surface area contributed by atoms with Crippen molar-refractivity contribution in [2.24, 2.45) is 0 Å². The third-order valence-electron chi connectivity index (χ3n) is 10.7. The van der Waals surface area contributed by atoms with Crippen LogP contribution in [0.15, 0.2) is 109 Å². The minimum absolute atomic E-state index is 0.297. The molecule has 7 rings (SSSR count). The predicted molar refractivity (Wildman–Crippen MR) is 271 cm³/mol. The van der Waals surface area contributed by atoms with Crippen LogP contribution >= 0.6 is 0 Å². The van der Waals surface area contributed by atoms with E-state index in [4.69, 9.17) is 85.3 Å². The Balaban J connectivity index is 0.848. The van der Waals surface area contributed by atoms with E-state index in [0.717, 1.165) is 11.1 Å². The van der Waals surface area contributed by atoms with Gasteiger partial charge in [0.1, 0.15) is 77.6 Å². The summed E-state index contributed by atoms with van der Waals surface area (Å²) < 4.78 is 106. The van der Waals surface area contributed by atoms with E-state index in [1.165, 1.54) is 0 Å². The average molecular weight is 1030 g/mol. The molecule has 0 spiro atoms. The Bertz CT molecular complexity index is 2120. The molecule has 5 aromatic carbocycles. The third-order valence-corrected chi connectivity index (χ3v) is 10.7. The minimum Gasteiger partial charge on any atom is -0.489 e. The lowest BCUT2D eigenvalue weighted by molar-refractivity contribution is 0.0223. The zero-order valence-electron chi connectivity index (χ0n) is 42.1. The number of rotatable bonds is 6. The molecule has 0 saturated heterocycles. The fraction of sp³-hybridized carbons (Fsp3) is 0.464. The summed E-state index contributed by atoms with van der Waals surface area (Å²) in [6.45, 7) is 9.85. The summed E-state index contributed by atoms with van der Waals surface area (Å²) in [5.41, 5.74) is 1.79. The van der Waals surface area contributed by atoms with Gasteiger partial charge >= 0.3 is 0 Å². The molecule has 0 N–H and O–H groups in total. The summed E-state index contributed by atoms with van der Waals surface area (Å²) in [5.74, 6) is 6.30. The lowest BCUT2D eigenvalue weighted by Crippen LogP contribution is -2.15. The Kier molecular flexibility index (Phi) is 25.7. The molecule has 0 amide bonds. The van der Waals surface area contributed by atoms with Gasteiger partial charge in [0, 0.05) is 0 Å². The molecule has 0 fully saturated rings. The molecule has 0 unspecified atom stereocenters. The summed E-state index contributed by atoms with van der Waals surface area (Å²) in [6, 6.07) is 34.0. The van der Waals surface area contributed by atoms with Crippen LogP contribution in [-0.2, 0) is 51.1 Å². The van der Waals surface area contributed by atoms with Crippen LogP contribution in [0.3, 0.4) is 0 Å². The fourth-order valence-electron chi connectivity index (χ4n) is 7.06. The van der Waals surface area contributed by atoms with Gasteiger partial charge < -0.3 is 85.3 Å². The Hall–Kier alpha value is -6.22. The molecule has 0 aromatic heterocycles. The second-order valence-electron chi connectivity index (χ2n) is 16.2. The quantitative estimate of drug-likeness (QED) is 0.165. The summed E-state index contributed by atoms with van der Waals surface area (Å²) in [6.07, 6.45) is 0. The van der Waals surface area contributed by atoms with Crippen LogP contribution in [0.25, 0.3) is 0 Å². The maximum absolute atomic E-state index is 6.17. The minimum atomic E-state index is 0.297. The molecule has 0 saturated carbocycles. The van der Waals surface area contributed by atoms with Crippen LogP contribution in [0.2, 0.25) is 0 Å². The summed E-state index contributed by atoms with van der Waals surface area (Å²) in [4.78, 5) is 0. The normalized spacial score (nSPS) is 17.5. The number of ether oxygens (including phenoxy) is 18. The van der Waals surface area contributed by atoms with E-state index in [0.29, 0.717) is 229 Å². The lowest BCUT2D eigenvalue weighted by Gasteiger charge is -2.16. The molecular formula is C56H70O18. The highest BCUT2D eigenvalue weighted by Gasteiger charge is 2.12. The summed E-state index contributed by atoms with van der Waals surface area (Å²) in [7, 11) is 0. The molecule has 402 valence electrons. The third kappa shape index (κ3) is 21.3. The second kappa shape index (κ2) is 34.3. The smallest absolute Gasteiger partial charge is 0.161 e. The highest BCUT2D eigenvalue weighted by molar-refractivity contribution is 5.45. The van der Waals surface area contributed by atoms with Gasteiger partial charge in [0.05, 0.1) is 106 Å². The van der Waals surface area contributed by atoms with Crippen LogP contribution in [0.1, 0.15) is 11.1 Å². The Labute approximate surface area is 433 Å². The first-order chi connectivity index (χ1) is 36.8. The van der Waals surface area contributed by atoms with Crippen molar-refractivity contribution >= 4 is 0 Å². The van der Waals surface area contributed by atoms with Gasteiger partial charge in [-0.3, -0.25) is 0 Å². The van der Waals surface area contributed by atoms with E-state index in [-0.39, 0.29) is 0 Å². The van der Waals surface area contributed by atoms with Crippen molar-refractivity contribution in [3.63, 3.8) is 0 Å². The molecule has 2 aliphatic heterocycles. The zero-order chi connectivity index (χ0) is 50.8. The van der Waals surface area contributed by atoms with Crippen molar-refractivity contribution in [2.45, 2.75) is 13.2 Å². The van der Waals surface area contributed by atoms with E-state index in [2.05, 4.69) is 0 Å². The van der Waals surface area contributed by atoms with E-state index in [1.54, 1.807) is 0 Å². The summed E-state index contributed by atoms with van der Waals surface area (Å²) >= 11 is 0. The Morgan fingerprint density at radius 3 is 0.703 bits per heavy atom. The molecule has 5 aromatic rings. The maximum atomic E-state index is 6.17. The molecule has 0 bridgehead atoms. The van der Waals surface area contributed by atoms with Crippen LogP contribution in [0.4, 0.5) is 0 Å². The number of hydrogen-bond donors (Lipinski definition) is 0. The Morgan fingerprint density at radius 2 is 0.446 bits per heavy atom.